The minimum Gasteiger partial charge on any atom is -0.383 e. The van der Waals surface area contributed by atoms with Crippen molar-refractivity contribution < 1.29 is 13.5 Å². The molecule has 9 heteroatoms. The van der Waals surface area contributed by atoms with Crippen LogP contribution in [-0.2, 0) is 22.5 Å². The van der Waals surface area contributed by atoms with Crippen molar-refractivity contribution in [1.29, 1.82) is 0 Å². The van der Waals surface area contributed by atoms with Crippen molar-refractivity contribution in [3.8, 4) is 0 Å². The van der Waals surface area contributed by atoms with Crippen LogP contribution in [0.25, 0.3) is 0 Å². The van der Waals surface area contributed by atoms with Crippen LogP contribution >= 0.6 is 0 Å². The van der Waals surface area contributed by atoms with Gasteiger partial charge in [-0.05, 0) is 27.7 Å². The molecule has 1 aromatic heterocycles. The third kappa shape index (κ3) is 5.48. The minimum atomic E-state index is -3.22. The lowest BCUT2D eigenvalue weighted by molar-refractivity contribution is 0.0616. The number of aryl methyl sites for hydroxylation is 1. The van der Waals surface area contributed by atoms with Crippen molar-refractivity contribution in [1.82, 2.24) is 20.4 Å². The van der Waals surface area contributed by atoms with E-state index < -0.39 is 20.2 Å². The fraction of sp³-hybridized carbons (Fsp3) is 0.733. The van der Waals surface area contributed by atoms with E-state index in [2.05, 4.69) is 20.7 Å². The summed E-state index contributed by atoms with van der Waals surface area (Å²) >= 11 is 0. The second kappa shape index (κ2) is 7.52. The van der Waals surface area contributed by atoms with E-state index in [0.717, 1.165) is 0 Å². The molecule has 138 valence electrons. The van der Waals surface area contributed by atoms with E-state index in [4.69, 9.17) is 0 Å². The van der Waals surface area contributed by atoms with Gasteiger partial charge < -0.3 is 15.7 Å². The molecule has 0 aromatic carbocycles. The fourth-order valence-corrected chi connectivity index (χ4v) is 2.08. The van der Waals surface area contributed by atoms with Crippen LogP contribution in [0.1, 0.15) is 33.3 Å². The van der Waals surface area contributed by atoms with Crippen molar-refractivity contribution in [2.75, 3.05) is 25.9 Å². The summed E-state index contributed by atoms with van der Waals surface area (Å²) in [6.45, 7) is 7.84. The van der Waals surface area contributed by atoms with Crippen LogP contribution < -0.4 is 10.6 Å². The lowest BCUT2D eigenvalue weighted by Gasteiger charge is -2.25. The van der Waals surface area contributed by atoms with Crippen molar-refractivity contribution in [3.63, 3.8) is 0 Å². The summed E-state index contributed by atoms with van der Waals surface area (Å²) in [6.07, 6.45) is 4.56. The van der Waals surface area contributed by atoms with E-state index in [9.17, 15) is 13.5 Å². The van der Waals surface area contributed by atoms with Gasteiger partial charge in [0.05, 0.1) is 24.0 Å². The Kier molecular flexibility index (Phi) is 6.40. The van der Waals surface area contributed by atoms with Crippen molar-refractivity contribution >= 4 is 15.8 Å². The Morgan fingerprint density at radius 3 is 2.46 bits per heavy atom. The molecular formula is C15H29N5O3S. The van der Waals surface area contributed by atoms with Crippen molar-refractivity contribution in [3.05, 3.63) is 18.0 Å². The average molecular weight is 359 g/mol. The van der Waals surface area contributed by atoms with Crippen LogP contribution in [0.5, 0.6) is 0 Å². The SMILES string of the molecule is CCNC(=NCC(C)(C)S(C)(=O)=O)NCC(C)(O)c1cnn(C)c1. The molecule has 24 heavy (non-hydrogen) atoms. The molecule has 0 saturated carbocycles. The summed E-state index contributed by atoms with van der Waals surface area (Å²) in [5.41, 5.74) is -0.443. The predicted octanol–water partition coefficient (Wildman–Crippen LogP) is 0.00590. The highest BCUT2D eigenvalue weighted by molar-refractivity contribution is 7.92. The zero-order valence-corrected chi connectivity index (χ0v) is 16.1. The number of aromatic nitrogens is 2. The molecule has 1 atom stereocenters. The van der Waals surface area contributed by atoms with E-state index in [0.29, 0.717) is 18.1 Å². The Hall–Kier alpha value is -1.61. The first-order chi connectivity index (χ1) is 10.9. The highest BCUT2D eigenvalue weighted by Crippen LogP contribution is 2.18. The second-order valence-corrected chi connectivity index (χ2v) is 9.41. The number of hydrogen-bond acceptors (Lipinski definition) is 5. The average Bonchev–Trinajstić information content (AvgIpc) is 2.88. The Morgan fingerprint density at radius 2 is 2.00 bits per heavy atom. The molecule has 0 aliphatic heterocycles. The molecule has 0 fully saturated rings. The molecule has 1 heterocycles. The van der Waals surface area contributed by atoms with Crippen LogP contribution in [0.15, 0.2) is 17.4 Å². The maximum absolute atomic E-state index is 11.8. The Bertz CT molecular complexity index is 677. The number of aliphatic imine (C=N–C) groups is 1. The molecule has 1 rings (SSSR count). The lowest BCUT2D eigenvalue weighted by atomic mass is 10.00. The zero-order chi connectivity index (χ0) is 18.6. The topological polar surface area (TPSA) is 109 Å². The van der Waals surface area contributed by atoms with E-state index in [-0.39, 0.29) is 13.1 Å². The first-order valence-electron chi connectivity index (χ1n) is 7.82. The van der Waals surface area contributed by atoms with Gasteiger partial charge in [0, 0.05) is 31.6 Å². The molecular weight excluding hydrogens is 330 g/mol. The molecule has 0 spiro atoms. The zero-order valence-electron chi connectivity index (χ0n) is 15.3. The summed E-state index contributed by atoms with van der Waals surface area (Å²) in [5, 5.41) is 20.7. The fourth-order valence-electron chi connectivity index (χ4n) is 1.79. The van der Waals surface area contributed by atoms with E-state index >= 15 is 0 Å². The summed E-state index contributed by atoms with van der Waals surface area (Å²) in [5.74, 6) is 0.457. The summed E-state index contributed by atoms with van der Waals surface area (Å²) in [7, 11) is -1.44. The van der Waals surface area contributed by atoms with Gasteiger partial charge in [0.25, 0.3) is 0 Å². The van der Waals surface area contributed by atoms with Crippen molar-refractivity contribution in [2.45, 2.75) is 38.0 Å². The molecule has 0 aliphatic rings. The Morgan fingerprint density at radius 1 is 1.38 bits per heavy atom. The van der Waals surface area contributed by atoms with Gasteiger partial charge in [-0.1, -0.05) is 0 Å². The summed E-state index contributed by atoms with van der Waals surface area (Å²) < 4.78 is 24.2. The van der Waals surface area contributed by atoms with E-state index in [1.165, 1.54) is 6.26 Å². The molecule has 0 radical (unpaired) electrons. The minimum absolute atomic E-state index is 0.121. The molecule has 3 N–H and O–H groups in total. The van der Waals surface area contributed by atoms with E-state index in [1.54, 1.807) is 44.9 Å². The van der Waals surface area contributed by atoms with Gasteiger partial charge in [-0.2, -0.15) is 5.10 Å². The Labute approximate surface area is 144 Å². The van der Waals surface area contributed by atoms with Crippen LogP contribution in [0.4, 0.5) is 0 Å². The maximum atomic E-state index is 11.8. The highest BCUT2D eigenvalue weighted by Gasteiger charge is 2.30. The van der Waals surface area contributed by atoms with Gasteiger partial charge in [-0.15, -0.1) is 0 Å². The molecule has 1 unspecified atom stereocenters. The molecule has 8 nitrogen and oxygen atoms in total. The number of guanidine groups is 1. The maximum Gasteiger partial charge on any atom is 0.191 e. The molecule has 0 aliphatic carbocycles. The summed E-state index contributed by atoms with van der Waals surface area (Å²) in [6, 6.07) is 0. The number of nitrogens with one attached hydrogen (secondary N) is 2. The van der Waals surface area contributed by atoms with Crippen molar-refractivity contribution in [2.24, 2.45) is 12.0 Å². The summed E-state index contributed by atoms with van der Waals surface area (Å²) in [4.78, 5) is 4.34. The third-order valence-corrected chi connectivity index (χ3v) is 6.03. The first kappa shape index (κ1) is 20.4. The number of nitrogens with zero attached hydrogens (tertiary/aromatic N) is 3. The number of aliphatic hydroxyl groups is 1. The van der Waals surface area contributed by atoms with E-state index in [1.807, 2.05) is 6.92 Å². The number of rotatable bonds is 7. The first-order valence-corrected chi connectivity index (χ1v) is 9.71. The normalized spacial score (nSPS) is 15.9. The van der Waals surface area contributed by atoms with Gasteiger partial charge in [-0.3, -0.25) is 9.67 Å². The van der Waals surface area contributed by atoms with Crippen LogP contribution in [-0.4, -0.2) is 59.9 Å². The van der Waals surface area contributed by atoms with Gasteiger partial charge in [0.15, 0.2) is 15.8 Å². The van der Waals surface area contributed by atoms with Crippen LogP contribution in [0, 0.1) is 0 Å². The van der Waals surface area contributed by atoms with Gasteiger partial charge in [0.1, 0.15) is 5.60 Å². The van der Waals surface area contributed by atoms with Crippen LogP contribution in [0.2, 0.25) is 0 Å². The monoisotopic (exact) mass is 359 g/mol. The van der Waals surface area contributed by atoms with Crippen LogP contribution in [0.3, 0.4) is 0 Å². The smallest absolute Gasteiger partial charge is 0.191 e. The highest BCUT2D eigenvalue weighted by atomic mass is 32.2. The second-order valence-electron chi connectivity index (χ2n) is 6.76. The molecule has 0 amide bonds. The predicted molar refractivity (Wildman–Crippen MR) is 95.7 cm³/mol. The Balaban J connectivity index is 2.81. The molecule has 0 saturated heterocycles. The number of hydrogen-bond donors (Lipinski definition) is 3. The van der Waals surface area contributed by atoms with Gasteiger partial charge in [-0.25, -0.2) is 8.42 Å². The largest absolute Gasteiger partial charge is 0.383 e. The molecule has 1 aromatic rings. The van der Waals surface area contributed by atoms with Gasteiger partial charge >= 0.3 is 0 Å². The standard InChI is InChI=1S/C15H29N5O3S/c1-7-16-13(17-10-14(2,3)24(6,22)23)18-11-15(4,21)12-8-19-20(5)9-12/h8-9,21H,7,10-11H2,1-6H3,(H2,16,17,18). The third-order valence-electron chi connectivity index (χ3n) is 3.89. The molecule has 0 bridgehead atoms. The lowest BCUT2D eigenvalue weighted by Crippen LogP contribution is -2.45. The number of sulfone groups is 1. The quantitative estimate of drug-likeness (QED) is 0.467. The van der Waals surface area contributed by atoms with Gasteiger partial charge in [0.2, 0.25) is 0 Å².